The summed E-state index contributed by atoms with van der Waals surface area (Å²) >= 11 is 0. The van der Waals surface area contributed by atoms with Crippen molar-refractivity contribution >= 4 is 0 Å². The molecule has 1 fully saturated rings. The van der Waals surface area contributed by atoms with Crippen LogP contribution in [0, 0.1) is 5.41 Å². The summed E-state index contributed by atoms with van der Waals surface area (Å²) in [5.41, 5.74) is 11.3. The lowest BCUT2D eigenvalue weighted by atomic mass is 9.82. The third-order valence-corrected chi connectivity index (χ3v) is 4.02. The van der Waals surface area contributed by atoms with Crippen LogP contribution < -0.4 is 11.5 Å². The van der Waals surface area contributed by atoms with Crippen LogP contribution in [0.4, 0.5) is 0 Å². The lowest BCUT2D eigenvalue weighted by Gasteiger charge is -2.47. The first-order chi connectivity index (χ1) is 9.71. The van der Waals surface area contributed by atoms with Gasteiger partial charge in [0.25, 0.3) is 0 Å². The monoisotopic (exact) mass is 303 g/mol. The molecule has 1 aliphatic heterocycles. The van der Waals surface area contributed by atoms with Crippen LogP contribution in [0.15, 0.2) is 0 Å². The molecular weight excluding hydrogens is 270 g/mol. The predicted molar refractivity (Wildman–Crippen MR) is 83.9 cm³/mol. The molecule has 0 aliphatic carbocycles. The van der Waals surface area contributed by atoms with E-state index in [9.17, 15) is 10.2 Å². The molecule has 0 saturated carbocycles. The van der Waals surface area contributed by atoms with E-state index in [0.29, 0.717) is 26.2 Å². The number of rotatable bonds is 6. The van der Waals surface area contributed by atoms with Crippen molar-refractivity contribution in [2.45, 2.75) is 64.6 Å². The number of ether oxygens (including phenoxy) is 1. The van der Waals surface area contributed by atoms with Gasteiger partial charge in [0, 0.05) is 26.2 Å². The summed E-state index contributed by atoms with van der Waals surface area (Å²) in [5.74, 6) is 0. The maximum absolute atomic E-state index is 10.7. The molecule has 6 nitrogen and oxygen atoms in total. The second-order valence-electron chi connectivity index (χ2n) is 7.23. The average Bonchev–Trinajstić information content (AvgIpc) is 2.35. The van der Waals surface area contributed by atoms with Gasteiger partial charge in [-0.1, -0.05) is 20.8 Å². The van der Waals surface area contributed by atoms with Gasteiger partial charge in [0.1, 0.15) is 0 Å². The molecule has 6 N–H and O–H groups in total. The molecule has 0 spiro atoms. The van der Waals surface area contributed by atoms with E-state index >= 15 is 0 Å². The topological polar surface area (TPSA) is 105 Å². The van der Waals surface area contributed by atoms with Crippen LogP contribution in [0.5, 0.6) is 0 Å². The van der Waals surface area contributed by atoms with Crippen molar-refractivity contribution in [3.8, 4) is 0 Å². The normalized spacial score (nSPS) is 34.4. The molecule has 0 aromatic heterocycles. The van der Waals surface area contributed by atoms with Gasteiger partial charge in [-0.05, 0) is 18.8 Å². The van der Waals surface area contributed by atoms with Crippen LogP contribution in [-0.4, -0.2) is 71.7 Å². The summed E-state index contributed by atoms with van der Waals surface area (Å²) in [5, 5.41) is 21.1. The van der Waals surface area contributed by atoms with E-state index < -0.39 is 12.2 Å². The fraction of sp³-hybridized carbons (Fsp3) is 1.00. The number of hydrogen-bond acceptors (Lipinski definition) is 6. The number of nitrogens with zero attached hydrogens (tertiary/aromatic N) is 1. The van der Waals surface area contributed by atoms with Gasteiger partial charge in [-0.3, -0.25) is 4.90 Å². The van der Waals surface area contributed by atoms with E-state index in [-0.39, 0.29) is 23.7 Å². The first kappa shape index (κ1) is 18.8. The van der Waals surface area contributed by atoms with Gasteiger partial charge >= 0.3 is 0 Å². The second kappa shape index (κ2) is 7.85. The first-order valence-electron chi connectivity index (χ1n) is 7.87. The number of aliphatic hydroxyl groups excluding tert-OH is 2. The summed E-state index contributed by atoms with van der Waals surface area (Å²) < 4.78 is 5.83. The highest BCUT2D eigenvalue weighted by molar-refractivity contribution is 4.97. The molecule has 0 aromatic rings. The second-order valence-corrected chi connectivity index (χ2v) is 7.23. The molecule has 0 amide bonds. The Labute approximate surface area is 128 Å². The average molecular weight is 303 g/mol. The van der Waals surface area contributed by atoms with Crippen molar-refractivity contribution in [2.75, 3.05) is 26.2 Å². The van der Waals surface area contributed by atoms with Crippen LogP contribution in [-0.2, 0) is 4.74 Å². The van der Waals surface area contributed by atoms with E-state index in [1.807, 2.05) is 11.8 Å². The molecule has 0 unspecified atom stereocenters. The van der Waals surface area contributed by atoms with E-state index in [1.165, 1.54) is 0 Å². The summed E-state index contributed by atoms with van der Waals surface area (Å²) in [4.78, 5) is 1.99. The Morgan fingerprint density at radius 2 is 1.57 bits per heavy atom. The SMILES string of the molecule is C[C@H]1O[C@@H](CC(C)(C)C)[C@@H](O)[C@@H](N(CCN)CCN)[C@@H]1O. The highest BCUT2D eigenvalue weighted by Crippen LogP contribution is 2.32. The molecule has 6 heteroatoms. The van der Waals surface area contributed by atoms with Crippen LogP contribution in [0.2, 0.25) is 0 Å². The molecule has 1 heterocycles. The Bertz CT molecular complexity index is 303. The summed E-state index contributed by atoms with van der Waals surface area (Å²) in [6.07, 6.45) is -1.35. The Balaban J connectivity index is 2.91. The molecule has 126 valence electrons. The third kappa shape index (κ3) is 5.16. The van der Waals surface area contributed by atoms with Gasteiger partial charge in [0.2, 0.25) is 0 Å². The number of nitrogens with two attached hydrogens (primary N) is 2. The van der Waals surface area contributed by atoms with Crippen LogP contribution >= 0.6 is 0 Å². The van der Waals surface area contributed by atoms with E-state index in [2.05, 4.69) is 20.8 Å². The number of hydrogen-bond donors (Lipinski definition) is 4. The number of aliphatic hydroxyl groups is 2. The minimum atomic E-state index is -0.742. The zero-order chi connectivity index (χ0) is 16.2. The summed E-state index contributed by atoms with van der Waals surface area (Å²) in [6, 6.07) is -0.381. The van der Waals surface area contributed by atoms with Crippen LogP contribution in [0.3, 0.4) is 0 Å². The molecule has 0 aromatic carbocycles. The van der Waals surface area contributed by atoms with Crippen LogP contribution in [0.25, 0.3) is 0 Å². The zero-order valence-corrected chi connectivity index (χ0v) is 13.8. The quantitative estimate of drug-likeness (QED) is 0.528. The highest BCUT2D eigenvalue weighted by Gasteiger charge is 2.45. The smallest absolute Gasteiger partial charge is 0.0983 e. The van der Waals surface area contributed by atoms with Gasteiger partial charge in [-0.25, -0.2) is 0 Å². The molecule has 1 aliphatic rings. The molecule has 1 rings (SSSR count). The van der Waals surface area contributed by atoms with Gasteiger partial charge in [-0.2, -0.15) is 0 Å². The zero-order valence-electron chi connectivity index (χ0n) is 13.8. The third-order valence-electron chi connectivity index (χ3n) is 4.02. The maximum Gasteiger partial charge on any atom is 0.0983 e. The molecule has 1 saturated heterocycles. The van der Waals surface area contributed by atoms with Gasteiger partial charge in [0.05, 0.1) is 30.5 Å². The van der Waals surface area contributed by atoms with Crippen LogP contribution in [0.1, 0.15) is 34.1 Å². The minimum absolute atomic E-state index is 0.0464. The molecule has 0 radical (unpaired) electrons. The van der Waals surface area contributed by atoms with Gasteiger partial charge < -0.3 is 26.4 Å². The fourth-order valence-electron chi connectivity index (χ4n) is 3.08. The van der Waals surface area contributed by atoms with Gasteiger partial charge in [-0.15, -0.1) is 0 Å². The van der Waals surface area contributed by atoms with E-state index in [0.717, 1.165) is 6.42 Å². The molecular formula is C15H33N3O3. The van der Waals surface area contributed by atoms with Crippen molar-refractivity contribution in [1.82, 2.24) is 4.90 Å². The minimum Gasteiger partial charge on any atom is -0.389 e. The van der Waals surface area contributed by atoms with E-state index in [4.69, 9.17) is 16.2 Å². The largest absolute Gasteiger partial charge is 0.389 e. The highest BCUT2D eigenvalue weighted by atomic mass is 16.5. The van der Waals surface area contributed by atoms with Crippen molar-refractivity contribution in [1.29, 1.82) is 0 Å². The summed E-state index contributed by atoms with van der Waals surface area (Å²) in [7, 11) is 0. The molecule has 21 heavy (non-hydrogen) atoms. The van der Waals surface area contributed by atoms with E-state index in [1.54, 1.807) is 0 Å². The van der Waals surface area contributed by atoms with Crippen molar-refractivity contribution in [3.05, 3.63) is 0 Å². The van der Waals surface area contributed by atoms with Crippen molar-refractivity contribution in [3.63, 3.8) is 0 Å². The van der Waals surface area contributed by atoms with Crippen molar-refractivity contribution in [2.24, 2.45) is 16.9 Å². The Morgan fingerprint density at radius 1 is 1.05 bits per heavy atom. The lowest BCUT2D eigenvalue weighted by molar-refractivity contribution is -0.207. The molecule has 5 atom stereocenters. The van der Waals surface area contributed by atoms with Crippen molar-refractivity contribution < 1.29 is 14.9 Å². The van der Waals surface area contributed by atoms with Gasteiger partial charge in [0.15, 0.2) is 0 Å². The first-order valence-corrected chi connectivity index (χ1v) is 7.87. The Kier molecular flexibility index (Phi) is 7.03. The predicted octanol–water partition coefficient (Wildman–Crippen LogP) is -0.480. The Morgan fingerprint density at radius 3 is 2.00 bits per heavy atom. The maximum atomic E-state index is 10.7. The summed E-state index contributed by atoms with van der Waals surface area (Å²) in [6.45, 7) is 10.3. The standard InChI is InChI=1S/C15H33N3O3/c1-10-13(19)12(18(7-5-16)8-6-17)14(20)11(21-10)9-15(2,3)4/h10-14,19-20H,5-9,16-17H2,1-4H3/t10-,11+,12+,13-,14-/m1/s1. The Hall–Kier alpha value is -0.240. The fourth-order valence-corrected chi connectivity index (χ4v) is 3.08. The molecule has 0 bridgehead atoms. The lowest BCUT2D eigenvalue weighted by Crippen LogP contribution is -2.64.